The van der Waals surface area contributed by atoms with Crippen LogP contribution in [0.5, 0.6) is 0 Å². The maximum atomic E-state index is 4.75. The van der Waals surface area contributed by atoms with E-state index < -0.39 is 0 Å². The summed E-state index contributed by atoms with van der Waals surface area (Å²) < 4.78 is 0. The van der Waals surface area contributed by atoms with Crippen LogP contribution in [-0.4, -0.2) is 22.5 Å². The molecule has 0 radical (unpaired) electrons. The lowest BCUT2D eigenvalue weighted by molar-refractivity contribution is 0.377. The van der Waals surface area contributed by atoms with Gasteiger partial charge in [0.05, 0.1) is 10.7 Å². The van der Waals surface area contributed by atoms with E-state index in [1.54, 1.807) is 11.3 Å². The number of thiazole rings is 1. The smallest absolute Gasteiger partial charge is 0.0982 e. The maximum absolute atomic E-state index is 4.75. The molecule has 0 amide bonds. The summed E-state index contributed by atoms with van der Waals surface area (Å²) in [6, 6.07) is 0.697. The molecule has 0 atom stereocenters. The van der Waals surface area contributed by atoms with Crippen LogP contribution >= 0.6 is 23.1 Å². The Morgan fingerprint density at radius 3 is 2.53 bits per heavy atom. The van der Waals surface area contributed by atoms with Crippen LogP contribution in [0.4, 0.5) is 0 Å². The molecule has 19 heavy (non-hydrogen) atoms. The number of rotatable bonds is 4. The summed E-state index contributed by atoms with van der Waals surface area (Å²) in [7, 11) is 0. The topological polar surface area (TPSA) is 24.9 Å². The van der Waals surface area contributed by atoms with Crippen LogP contribution in [0.2, 0.25) is 0 Å². The second-order valence-corrected chi connectivity index (χ2v) is 8.48. The molecule has 0 saturated heterocycles. The summed E-state index contributed by atoms with van der Waals surface area (Å²) >= 11 is 3.82. The summed E-state index contributed by atoms with van der Waals surface area (Å²) in [5.74, 6) is 0. The Bertz CT molecular complexity index is 387. The number of aromatic nitrogens is 1. The fraction of sp³-hybridized carbons (Fsp3) is 0.800. The average Bonchev–Trinajstić information content (AvgIpc) is 2.86. The van der Waals surface area contributed by atoms with Crippen molar-refractivity contribution >= 4 is 23.1 Å². The predicted molar refractivity (Wildman–Crippen MR) is 87.2 cm³/mol. The molecule has 0 unspecified atom stereocenters. The van der Waals surface area contributed by atoms with Gasteiger partial charge in [-0.2, -0.15) is 11.8 Å². The number of nitrogens with zero attached hydrogens (tertiary/aromatic N) is 1. The number of hydrogen-bond acceptors (Lipinski definition) is 4. The Balaban J connectivity index is 1.78. The molecular weight excluding hydrogens is 272 g/mol. The first-order valence-electron chi connectivity index (χ1n) is 7.20. The average molecular weight is 299 g/mol. The van der Waals surface area contributed by atoms with Gasteiger partial charge in [-0.1, -0.05) is 20.8 Å². The molecule has 1 aliphatic carbocycles. The third kappa shape index (κ3) is 4.47. The first-order valence-corrected chi connectivity index (χ1v) is 9.37. The van der Waals surface area contributed by atoms with Crippen molar-refractivity contribution in [3.8, 4) is 0 Å². The van der Waals surface area contributed by atoms with Crippen LogP contribution in [-0.2, 0) is 12.0 Å². The highest BCUT2D eigenvalue weighted by atomic mass is 32.2. The largest absolute Gasteiger partial charge is 0.308 e. The Kier molecular flexibility index (Phi) is 5.32. The molecule has 0 aromatic carbocycles. The second kappa shape index (κ2) is 6.59. The Labute approximate surface area is 125 Å². The molecule has 4 heteroatoms. The third-order valence-electron chi connectivity index (χ3n) is 3.77. The van der Waals surface area contributed by atoms with Crippen LogP contribution < -0.4 is 5.32 Å². The number of thioether (sulfide) groups is 1. The lowest BCUT2D eigenvalue weighted by atomic mass is 9.95. The Morgan fingerprint density at radius 1 is 1.32 bits per heavy atom. The first-order chi connectivity index (χ1) is 8.99. The fourth-order valence-corrected chi connectivity index (χ4v) is 4.13. The summed E-state index contributed by atoms with van der Waals surface area (Å²) in [5.41, 5.74) is 1.39. The lowest BCUT2D eigenvalue weighted by Crippen LogP contribution is -2.33. The van der Waals surface area contributed by atoms with E-state index in [0.29, 0.717) is 6.04 Å². The van der Waals surface area contributed by atoms with Crippen molar-refractivity contribution in [2.24, 2.45) is 0 Å². The molecule has 1 N–H and O–H groups in total. The van der Waals surface area contributed by atoms with Crippen molar-refractivity contribution in [1.82, 2.24) is 10.3 Å². The van der Waals surface area contributed by atoms with Crippen LogP contribution in [0.3, 0.4) is 0 Å². The quantitative estimate of drug-likeness (QED) is 0.901. The van der Waals surface area contributed by atoms with Gasteiger partial charge in [-0.05, 0) is 31.9 Å². The molecule has 2 rings (SSSR count). The maximum Gasteiger partial charge on any atom is 0.0982 e. The van der Waals surface area contributed by atoms with Crippen molar-refractivity contribution in [2.45, 2.75) is 69.7 Å². The van der Waals surface area contributed by atoms with Crippen molar-refractivity contribution < 1.29 is 0 Å². The first kappa shape index (κ1) is 15.3. The van der Waals surface area contributed by atoms with Crippen molar-refractivity contribution in [1.29, 1.82) is 0 Å². The molecule has 1 aromatic rings. The SMILES string of the molecule is CSC1CCC(NCc2csc(C(C)(C)C)n2)CC1. The molecule has 0 bridgehead atoms. The molecule has 2 nitrogen and oxygen atoms in total. The summed E-state index contributed by atoms with van der Waals surface area (Å²) in [6.07, 6.45) is 7.61. The van der Waals surface area contributed by atoms with Crippen molar-refractivity contribution in [3.05, 3.63) is 16.1 Å². The van der Waals surface area contributed by atoms with E-state index in [2.05, 4.69) is 37.7 Å². The zero-order valence-electron chi connectivity index (χ0n) is 12.5. The molecule has 108 valence electrons. The summed E-state index contributed by atoms with van der Waals surface area (Å²) in [5, 5.41) is 8.03. The van der Waals surface area contributed by atoms with Gasteiger partial charge in [-0.3, -0.25) is 0 Å². The fourth-order valence-electron chi connectivity index (χ4n) is 2.48. The Morgan fingerprint density at radius 2 is 2.00 bits per heavy atom. The lowest BCUT2D eigenvalue weighted by Gasteiger charge is -2.27. The van der Waals surface area contributed by atoms with Gasteiger partial charge < -0.3 is 5.32 Å². The van der Waals surface area contributed by atoms with Crippen LogP contribution in [0, 0.1) is 0 Å². The zero-order chi connectivity index (χ0) is 13.9. The zero-order valence-corrected chi connectivity index (χ0v) is 14.2. The molecule has 1 aliphatic rings. The van der Waals surface area contributed by atoms with Crippen LogP contribution in [0.25, 0.3) is 0 Å². The number of hydrogen-bond donors (Lipinski definition) is 1. The molecule has 1 aromatic heterocycles. The third-order valence-corrected chi connectivity index (χ3v) is 6.23. The second-order valence-electron chi connectivity index (χ2n) is 6.48. The minimum atomic E-state index is 0.180. The van der Waals surface area contributed by atoms with Crippen LogP contribution in [0.15, 0.2) is 5.38 Å². The van der Waals surface area contributed by atoms with E-state index in [1.165, 1.54) is 36.4 Å². The standard InChI is InChI=1S/C15H26N2S2/c1-15(2,3)14-17-12(10-19-14)9-16-11-5-7-13(18-4)8-6-11/h10-11,13,16H,5-9H2,1-4H3. The highest BCUT2D eigenvalue weighted by molar-refractivity contribution is 7.99. The van der Waals surface area contributed by atoms with Gasteiger partial charge in [-0.25, -0.2) is 4.98 Å². The van der Waals surface area contributed by atoms with E-state index >= 15 is 0 Å². The van der Waals surface area contributed by atoms with E-state index in [9.17, 15) is 0 Å². The molecule has 1 fully saturated rings. The van der Waals surface area contributed by atoms with Gasteiger partial charge in [0.25, 0.3) is 0 Å². The van der Waals surface area contributed by atoms with Crippen molar-refractivity contribution in [2.75, 3.05) is 6.26 Å². The number of nitrogens with one attached hydrogen (secondary N) is 1. The molecule has 1 heterocycles. The minimum absolute atomic E-state index is 0.180. The Hall–Kier alpha value is -0.0600. The van der Waals surface area contributed by atoms with Gasteiger partial charge >= 0.3 is 0 Å². The molecule has 1 saturated carbocycles. The molecular formula is C15H26N2S2. The van der Waals surface area contributed by atoms with Crippen LogP contribution in [0.1, 0.15) is 57.2 Å². The van der Waals surface area contributed by atoms with Gasteiger partial charge in [0, 0.05) is 28.6 Å². The van der Waals surface area contributed by atoms with E-state index in [4.69, 9.17) is 4.98 Å². The highest BCUT2D eigenvalue weighted by Gasteiger charge is 2.21. The van der Waals surface area contributed by atoms with Gasteiger partial charge in [-0.15, -0.1) is 11.3 Å². The van der Waals surface area contributed by atoms with Gasteiger partial charge in [0.2, 0.25) is 0 Å². The van der Waals surface area contributed by atoms with Crippen molar-refractivity contribution in [3.63, 3.8) is 0 Å². The van der Waals surface area contributed by atoms with Gasteiger partial charge in [0.1, 0.15) is 0 Å². The normalized spacial score (nSPS) is 24.6. The monoisotopic (exact) mass is 298 g/mol. The van der Waals surface area contributed by atoms with E-state index in [-0.39, 0.29) is 5.41 Å². The summed E-state index contributed by atoms with van der Waals surface area (Å²) in [4.78, 5) is 4.75. The van der Waals surface area contributed by atoms with E-state index in [1.807, 2.05) is 11.8 Å². The predicted octanol–water partition coefficient (Wildman–Crippen LogP) is 4.20. The minimum Gasteiger partial charge on any atom is -0.308 e. The van der Waals surface area contributed by atoms with E-state index in [0.717, 1.165) is 11.8 Å². The molecule has 0 aliphatic heterocycles. The highest BCUT2D eigenvalue weighted by Crippen LogP contribution is 2.28. The molecule has 0 spiro atoms. The summed E-state index contributed by atoms with van der Waals surface area (Å²) in [6.45, 7) is 7.62. The van der Waals surface area contributed by atoms with Gasteiger partial charge in [0.15, 0.2) is 0 Å².